The molecule has 0 aromatic carbocycles. The number of urea groups is 1. The maximum absolute atomic E-state index is 11.4. The summed E-state index contributed by atoms with van der Waals surface area (Å²) in [5.41, 5.74) is 0. The van der Waals surface area contributed by atoms with Crippen LogP contribution < -0.4 is 5.32 Å². The lowest BCUT2D eigenvalue weighted by Crippen LogP contribution is -2.49. The van der Waals surface area contributed by atoms with Crippen molar-refractivity contribution in [2.75, 3.05) is 26.7 Å². The fraction of sp³-hybridized carbons (Fsp3) is 0.778. The first kappa shape index (κ1) is 9.30. The van der Waals surface area contributed by atoms with Crippen LogP contribution in [-0.2, 0) is 4.79 Å². The van der Waals surface area contributed by atoms with Gasteiger partial charge < -0.3 is 15.1 Å². The summed E-state index contributed by atoms with van der Waals surface area (Å²) in [7, 11) is 1.79. The Morgan fingerprint density at radius 3 is 2.79 bits per heavy atom. The van der Waals surface area contributed by atoms with E-state index in [-0.39, 0.29) is 18.0 Å². The van der Waals surface area contributed by atoms with E-state index in [1.54, 1.807) is 11.9 Å². The molecule has 1 atom stereocenters. The van der Waals surface area contributed by atoms with Crippen molar-refractivity contribution in [3.05, 3.63) is 0 Å². The van der Waals surface area contributed by atoms with Gasteiger partial charge in [-0.25, -0.2) is 4.79 Å². The smallest absolute Gasteiger partial charge is 0.317 e. The molecule has 2 fully saturated rings. The Morgan fingerprint density at radius 1 is 1.43 bits per heavy atom. The molecule has 0 bridgehead atoms. The molecule has 2 heterocycles. The van der Waals surface area contributed by atoms with E-state index in [4.69, 9.17) is 0 Å². The average molecular weight is 197 g/mol. The molecule has 0 spiro atoms. The minimum atomic E-state index is 0.0118. The lowest BCUT2D eigenvalue weighted by Gasteiger charge is -2.34. The quantitative estimate of drug-likeness (QED) is 0.623. The maximum atomic E-state index is 11.4. The van der Waals surface area contributed by atoms with E-state index in [9.17, 15) is 9.59 Å². The molecule has 5 heteroatoms. The summed E-state index contributed by atoms with van der Waals surface area (Å²) in [5, 5.41) is 2.78. The number of nitrogens with zero attached hydrogens (tertiary/aromatic N) is 2. The Balaban J connectivity index is 1.99. The van der Waals surface area contributed by atoms with E-state index < -0.39 is 0 Å². The third-order valence-electron chi connectivity index (χ3n) is 2.93. The molecule has 0 aliphatic carbocycles. The second-order valence-electron chi connectivity index (χ2n) is 3.89. The predicted molar refractivity (Wildman–Crippen MR) is 50.8 cm³/mol. The molecule has 2 saturated heterocycles. The molecule has 5 nitrogen and oxygen atoms in total. The minimum absolute atomic E-state index is 0.0118. The molecular weight excluding hydrogens is 182 g/mol. The standard InChI is InChI=1S/C9H15N3O2/c1-11-6-7(2-3-8(11)13)12-5-4-10-9(12)14/h7H,2-6H2,1H3,(H,10,14). The maximum Gasteiger partial charge on any atom is 0.317 e. The van der Waals surface area contributed by atoms with Crippen LogP contribution in [0.5, 0.6) is 0 Å². The summed E-state index contributed by atoms with van der Waals surface area (Å²) in [6, 6.07) is 0.220. The van der Waals surface area contributed by atoms with Crippen LogP contribution in [-0.4, -0.2) is 54.5 Å². The monoisotopic (exact) mass is 197 g/mol. The van der Waals surface area contributed by atoms with E-state index in [0.29, 0.717) is 13.0 Å². The largest absolute Gasteiger partial charge is 0.344 e. The summed E-state index contributed by atoms with van der Waals surface area (Å²) < 4.78 is 0. The van der Waals surface area contributed by atoms with E-state index in [1.807, 2.05) is 4.90 Å². The zero-order valence-corrected chi connectivity index (χ0v) is 8.32. The van der Waals surface area contributed by atoms with Crippen molar-refractivity contribution in [3.63, 3.8) is 0 Å². The van der Waals surface area contributed by atoms with Crippen molar-refractivity contribution in [2.45, 2.75) is 18.9 Å². The first-order valence-corrected chi connectivity index (χ1v) is 4.97. The van der Waals surface area contributed by atoms with Gasteiger partial charge in [-0.2, -0.15) is 0 Å². The number of hydrogen-bond acceptors (Lipinski definition) is 2. The van der Waals surface area contributed by atoms with Crippen LogP contribution in [0.25, 0.3) is 0 Å². The van der Waals surface area contributed by atoms with Gasteiger partial charge in [0.1, 0.15) is 0 Å². The zero-order chi connectivity index (χ0) is 10.1. The van der Waals surface area contributed by atoms with E-state index in [2.05, 4.69) is 5.32 Å². The SMILES string of the molecule is CN1CC(N2CCNC2=O)CCC1=O. The number of hydrogen-bond donors (Lipinski definition) is 1. The predicted octanol–water partition coefficient (Wildman–Crippen LogP) is -0.368. The van der Waals surface area contributed by atoms with Crippen LogP contribution in [0.2, 0.25) is 0 Å². The third kappa shape index (κ3) is 1.54. The Morgan fingerprint density at radius 2 is 2.21 bits per heavy atom. The Hall–Kier alpha value is -1.26. The molecule has 14 heavy (non-hydrogen) atoms. The van der Waals surface area contributed by atoms with Crippen molar-refractivity contribution in [2.24, 2.45) is 0 Å². The molecule has 2 aliphatic rings. The van der Waals surface area contributed by atoms with Gasteiger partial charge in [-0.15, -0.1) is 0 Å². The molecule has 2 aliphatic heterocycles. The summed E-state index contributed by atoms with van der Waals surface area (Å²) >= 11 is 0. The average Bonchev–Trinajstić information content (AvgIpc) is 2.57. The molecule has 2 rings (SSSR count). The van der Waals surface area contributed by atoms with Crippen molar-refractivity contribution in [3.8, 4) is 0 Å². The highest BCUT2D eigenvalue weighted by molar-refractivity contribution is 5.79. The van der Waals surface area contributed by atoms with Crippen molar-refractivity contribution in [1.82, 2.24) is 15.1 Å². The van der Waals surface area contributed by atoms with Crippen LogP contribution in [0.15, 0.2) is 0 Å². The van der Waals surface area contributed by atoms with Crippen molar-refractivity contribution < 1.29 is 9.59 Å². The first-order valence-electron chi connectivity index (χ1n) is 4.97. The summed E-state index contributed by atoms with van der Waals surface area (Å²) in [4.78, 5) is 26.2. The minimum Gasteiger partial charge on any atom is -0.344 e. The van der Waals surface area contributed by atoms with Crippen LogP contribution in [0.1, 0.15) is 12.8 Å². The highest BCUT2D eigenvalue weighted by Crippen LogP contribution is 2.17. The summed E-state index contributed by atoms with van der Waals surface area (Å²) in [6.45, 7) is 2.17. The normalized spacial score (nSPS) is 28.2. The third-order valence-corrected chi connectivity index (χ3v) is 2.93. The topological polar surface area (TPSA) is 52.6 Å². The van der Waals surface area contributed by atoms with Crippen LogP contribution in [0.4, 0.5) is 4.79 Å². The van der Waals surface area contributed by atoms with Gasteiger partial charge in [0.25, 0.3) is 0 Å². The molecule has 1 unspecified atom stereocenters. The number of likely N-dealkylation sites (tertiary alicyclic amines) is 1. The van der Waals surface area contributed by atoms with Gasteiger partial charge >= 0.3 is 6.03 Å². The Labute approximate surface area is 83.0 Å². The highest BCUT2D eigenvalue weighted by Gasteiger charge is 2.32. The summed E-state index contributed by atoms with van der Waals surface area (Å²) in [6.07, 6.45) is 1.36. The molecule has 0 aromatic heterocycles. The van der Waals surface area contributed by atoms with E-state index in [0.717, 1.165) is 19.5 Å². The number of rotatable bonds is 1. The second-order valence-corrected chi connectivity index (χ2v) is 3.89. The zero-order valence-electron chi connectivity index (χ0n) is 8.32. The molecule has 0 radical (unpaired) electrons. The van der Waals surface area contributed by atoms with Crippen LogP contribution >= 0.6 is 0 Å². The molecular formula is C9H15N3O2. The van der Waals surface area contributed by atoms with Gasteiger partial charge in [-0.3, -0.25) is 4.79 Å². The number of likely N-dealkylation sites (N-methyl/N-ethyl adjacent to an activating group) is 1. The Bertz CT molecular complexity index is 267. The number of amides is 3. The fourth-order valence-corrected chi connectivity index (χ4v) is 2.08. The van der Waals surface area contributed by atoms with Crippen molar-refractivity contribution in [1.29, 1.82) is 0 Å². The molecule has 1 N–H and O–H groups in total. The van der Waals surface area contributed by atoms with Gasteiger partial charge in [-0.05, 0) is 6.42 Å². The van der Waals surface area contributed by atoms with Crippen LogP contribution in [0, 0.1) is 0 Å². The number of nitrogens with one attached hydrogen (secondary N) is 1. The molecule has 3 amide bonds. The lowest BCUT2D eigenvalue weighted by molar-refractivity contribution is -0.133. The van der Waals surface area contributed by atoms with Gasteiger partial charge in [0, 0.05) is 33.1 Å². The van der Waals surface area contributed by atoms with Gasteiger partial charge in [0.15, 0.2) is 0 Å². The number of carbonyl (C=O) groups is 2. The van der Waals surface area contributed by atoms with Gasteiger partial charge in [-0.1, -0.05) is 0 Å². The summed E-state index contributed by atoms with van der Waals surface area (Å²) in [5.74, 6) is 0.181. The Kier molecular flexibility index (Phi) is 2.31. The number of carbonyl (C=O) groups excluding carboxylic acids is 2. The second kappa shape index (κ2) is 3.48. The highest BCUT2D eigenvalue weighted by atomic mass is 16.2. The fourth-order valence-electron chi connectivity index (χ4n) is 2.08. The van der Waals surface area contributed by atoms with Gasteiger partial charge in [0.2, 0.25) is 5.91 Å². The first-order chi connectivity index (χ1) is 6.68. The van der Waals surface area contributed by atoms with E-state index >= 15 is 0 Å². The lowest BCUT2D eigenvalue weighted by atomic mass is 10.0. The van der Waals surface area contributed by atoms with Crippen LogP contribution in [0.3, 0.4) is 0 Å². The molecule has 78 valence electrons. The molecule has 0 aromatic rings. The van der Waals surface area contributed by atoms with E-state index in [1.165, 1.54) is 0 Å². The number of piperidine rings is 1. The van der Waals surface area contributed by atoms with Gasteiger partial charge in [0.05, 0.1) is 6.04 Å². The van der Waals surface area contributed by atoms with Crippen molar-refractivity contribution >= 4 is 11.9 Å². The molecule has 0 saturated carbocycles.